The van der Waals surface area contributed by atoms with Crippen LogP contribution < -0.4 is 10.6 Å². The predicted molar refractivity (Wildman–Crippen MR) is 51.8 cm³/mol. The first-order chi connectivity index (χ1) is 5.64. The topological polar surface area (TPSA) is 41.1 Å². The fraction of sp³-hybridized carbons (Fsp3) is 0.750. The van der Waals surface area contributed by atoms with Crippen LogP contribution in [0.1, 0.15) is 33.1 Å². The van der Waals surface area contributed by atoms with Gasteiger partial charge >= 0.3 is 0 Å². The zero-order chi connectivity index (χ0) is 9.19. The number of hydrogen-bond acceptors (Lipinski definition) is 2. The van der Waals surface area contributed by atoms with Gasteiger partial charge in [0.2, 0.25) is 0 Å². The van der Waals surface area contributed by atoms with Crippen LogP contribution in [0.3, 0.4) is 0 Å². The van der Waals surface area contributed by atoms with Crippen molar-refractivity contribution in [2.75, 3.05) is 0 Å². The van der Waals surface area contributed by atoms with Crippen molar-refractivity contribution in [1.29, 1.82) is 0 Å². The standard InChI is InChI=1S/C8H14N2OS/c1-3-5-8(4-2)6(11)9-7(12)10-8/h3-5H2,1-2H3,(H2,9,10,11,12). The van der Waals surface area contributed by atoms with Crippen molar-refractivity contribution in [3.8, 4) is 0 Å². The molecule has 0 aromatic rings. The van der Waals surface area contributed by atoms with Gasteiger partial charge in [-0.2, -0.15) is 0 Å². The Morgan fingerprint density at radius 1 is 1.50 bits per heavy atom. The fourth-order valence-electron chi connectivity index (χ4n) is 1.56. The van der Waals surface area contributed by atoms with Crippen LogP contribution >= 0.6 is 12.2 Å². The molecule has 0 aromatic carbocycles. The first kappa shape index (κ1) is 9.45. The monoisotopic (exact) mass is 186 g/mol. The van der Waals surface area contributed by atoms with Crippen molar-refractivity contribution in [3.63, 3.8) is 0 Å². The molecular formula is C8H14N2OS. The molecule has 4 heteroatoms. The minimum atomic E-state index is -0.425. The van der Waals surface area contributed by atoms with Crippen molar-refractivity contribution in [2.24, 2.45) is 0 Å². The van der Waals surface area contributed by atoms with Crippen LogP contribution in [0, 0.1) is 0 Å². The third kappa shape index (κ3) is 1.43. The molecule has 0 saturated carbocycles. The van der Waals surface area contributed by atoms with Crippen molar-refractivity contribution >= 4 is 23.2 Å². The minimum absolute atomic E-state index is 0.0249. The van der Waals surface area contributed by atoms with E-state index in [0.29, 0.717) is 5.11 Å². The maximum atomic E-state index is 11.5. The van der Waals surface area contributed by atoms with Crippen LogP contribution in [0.15, 0.2) is 0 Å². The molecule has 1 aliphatic rings. The van der Waals surface area contributed by atoms with Gasteiger partial charge in [0, 0.05) is 0 Å². The Labute approximate surface area is 77.9 Å². The summed E-state index contributed by atoms with van der Waals surface area (Å²) in [5.74, 6) is 0.0249. The summed E-state index contributed by atoms with van der Waals surface area (Å²) in [5.41, 5.74) is -0.425. The van der Waals surface area contributed by atoms with E-state index in [4.69, 9.17) is 12.2 Å². The molecule has 0 aromatic heterocycles. The van der Waals surface area contributed by atoms with Crippen LogP contribution in [-0.4, -0.2) is 16.6 Å². The van der Waals surface area contributed by atoms with Gasteiger partial charge in [-0.15, -0.1) is 0 Å². The highest BCUT2D eigenvalue weighted by molar-refractivity contribution is 7.80. The molecule has 12 heavy (non-hydrogen) atoms. The van der Waals surface area contributed by atoms with Crippen molar-refractivity contribution in [2.45, 2.75) is 38.6 Å². The van der Waals surface area contributed by atoms with E-state index in [1.54, 1.807) is 0 Å². The summed E-state index contributed by atoms with van der Waals surface area (Å²) >= 11 is 4.88. The Kier molecular flexibility index (Phi) is 2.67. The molecule has 0 spiro atoms. The molecule has 68 valence electrons. The third-order valence-electron chi connectivity index (χ3n) is 2.29. The van der Waals surface area contributed by atoms with Crippen molar-refractivity contribution < 1.29 is 4.79 Å². The largest absolute Gasteiger partial charge is 0.348 e. The molecule has 1 atom stereocenters. The zero-order valence-corrected chi connectivity index (χ0v) is 8.25. The number of rotatable bonds is 3. The first-order valence-electron chi connectivity index (χ1n) is 4.28. The van der Waals surface area contributed by atoms with E-state index in [1.165, 1.54) is 0 Å². The van der Waals surface area contributed by atoms with Gasteiger partial charge in [0.15, 0.2) is 5.11 Å². The van der Waals surface area contributed by atoms with Gasteiger partial charge in [0.25, 0.3) is 5.91 Å². The Bertz CT molecular complexity index is 217. The number of thiocarbonyl (C=S) groups is 1. The summed E-state index contributed by atoms with van der Waals surface area (Å²) in [6.45, 7) is 4.06. The molecule has 1 rings (SSSR count). The normalized spacial score (nSPS) is 28.5. The lowest BCUT2D eigenvalue weighted by atomic mass is 9.91. The SMILES string of the molecule is CCCC1(CC)NC(=S)NC1=O. The van der Waals surface area contributed by atoms with Crippen molar-refractivity contribution in [1.82, 2.24) is 10.6 Å². The van der Waals surface area contributed by atoms with Crippen LogP contribution in [-0.2, 0) is 4.79 Å². The molecule has 1 amide bonds. The van der Waals surface area contributed by atoms with E-state index in [2.05, 4.69) is 17.6 Å². The summed E-state index contributed by atoms with van der Waals surface area (Å²) in [6.07, 6.45) is 2.61. The molecule has 3 nitrogen and oxygen atoms in total. The highest BCUT2D eigenvalue weighted by Gasteiger charge is 2.41. The fourth-order valence-corrected chi connectivity index (χ4v) is 1.84. The van der Waals surface area contributed by atoms with Crippen LogP contribution in [0.2, 0.25) is 0 Å². The molecule has 1 aliphatic heterocycles. The number of carbonyl (C=O) groups is 1. The second-order valence-electron chi connectivity index (χ2n) is 3.09. The summed E-state index contributed by atoms with van der Waals surface area (Å²) in [5, 5.41) is 6.13. The molecule has 0 bridgehead atoms. The second kappa shape index (κ2) is 3.39. The summed E-state index contributed by atoms with van der Waals surface area (Å²) in [4.78, 5) is 11.5. The average molecular weight is 186 g/mol. The van der Waals surface area contributed by atoms with E-state index < -0.39 is 5.54 Å². The molecule has 1 saturated heterocycles. The van der Waals surface area contributed by atoms with Gasteiger partial charge in [-0.1, -0.05) is 20.3 Å². The Hall–Kier alpha value is -0.640. The van der Waals surface area contributed by atoms with Gasteiger partial charge in [0.05, 0.1) is 0 Å². The van der Waals surface area contributed by atoms with E-state index in [9.17, 15) is 4.79 Å². The molecule has 1 unspecified atom stereocenters. The van der Waals surface area contributed by atoms with Crippen LogP contribution in [0.5, 0.6) is 0 Å². The van der Waals surface area contributed by atoms with Crippen LogP contribution in [0.4, 0.5) is 0 Å². The molecule has 1 heterocycles. The summed E-state index contributed by atoms with van der Waals surface area (Å²) < 4.78 is 0. The summed E-state index contributed by atoms with van der Waals surface area (Å²) in [6, 6.07) is 0. The van der Waals surface area contributed by atoms with E-state index in [0.717, 1.165) is 19.3 Å². The molecule has 2 N–H and O–H groups in total. The lowest BCUT2D eigenvalue weighted by Crippen LogP contribution is -2.45. The average Bonchev–Trinajstić information content (AvgIpc) is 2.28. The Morgan fingerprint density at radius 3 is 2.50 bits per heavy atom. The van der Waals surface area contributed by atoms with E-state index >= 15 is 0 Å². The number of hydrogen-bond donors (Lipinski definition) is 2. The zero-order valence-electron chi connectivity index (χ0n) is 7.44. The van der Waals surface area contributed by atoms with Gasteiger partial charge < -0.3 is 10.6 Å². The highest BCUT2D eigenvalue weighted by Crippen LogP contribution is 2.20. The maximum absolute atomic E-state index is 11.5. The predicted octanol–water partition coefficient (Wildman–Crippen LogP) is 0.940. The smallest absolute Gasteiger partial charge is 0.251 e. The van der Waals surface area contributed by atoms with Gasteiger partial charge in [-0.3, -0.25) is 4.79 Å². The Balaban J connectivity index is 2.78. The maximum Gasteiger partial charge on any atom is 0.251 e. The number of nitrogens with one attached hydrogen (secondary N) is 2. The Morgan fingerprint density at radius 2 is 2.17 bits per heavy atom. The molecule has 0 radical (unpaired) electrons. The van der Waals surface area contributed by atoms with Gasteiger partial charge in [0.1, 0.15) is 5.54 Å². The molecule has 1 fully saturated rings. The lowest BCUT2D eigenvalue weighted by Gasteiger charge is -2.23. The van der Waals surface area contributed by atoms with Crippen molar-refractivity contribution in [3.05, 3.63) is 0 Å². The molecular weight excluding hydrogens is 172 g/mol. The quantitative estimate of drug-likeness (QED) is 0.644. The molecule has 0 aliphatic carbocycles. The first-order valence-corrected chi connectivity index (χ1v) is 4.69. The van der Waals surface area contributed by atoms with Gasteiger partial charge in [-0.25, -0.2) is 0 Å². The van der Waals surface area contributed by atoms with E-state index in [-0.39, 0.29) is 5.91 Å². The third-order valence-corrected chi connectivity index (χ3v) is 2.50. The lowest BCUT2D eigenvalue weighted by molar-refractivity contribution is -0.124. The van der Waals surface area contributed by atoms with Gasteiger partial charge in [-0.05, 0) is 25.1 Å². The number of amides is 1. The summed E-state index contributed by atoms with van der Waals surface area (Å²) in [7, 11) is 0. The second-order valence-corrected chi connectivity index (χ2v) is 3.50. The van der Waals surface area contributed by atoms with Crippen LogP contribution in [0.25, 0.3) is 0 Å². The van der Waals surface area contributed by atoms with E-state index in [1.807, 2.05) is 6.92 Å². The minimum Gasteiger partial charge on any atom is -0.348 e. The number of carbonyl (C=O) groups excluding carboxylic acids is 1. The highest BCUT2D eigenvalue weighted by atomic mass is 32.1.